The Morgan fingerprint density at radius 3 is 2.57 bits per heavy atom. The van der Waals surface area contributed by atoms with Gasteiger partial charge in [0.1, 0.15) is 4.90 Å². The average molecular weight is 438 g/mol. The van der Waals surface area contributed by atoms with Gasteiger partial charge < -0.3 is 4.52 Å². The fourth-order valence-electron chi connectivity index (χ4n) is 3.27. The molecular weight excluding hydrogens is 421 g/mol. The molecule has 0 amide bonds. The van der Waals surface area contributed by atoms with Gasteiger partial charge in [-0.15, -0.1) is 0 Å². The Kier molecular flexibility index (Phi) is 5.42. The molecule has 1 atom stereocenters. The van der Waals surface area contributed by atoms with E-state index in [2.05, 4.69) is 10.1 Å². The smallest absolute Gasteiger partial charge is 0.244 e. The molecule has 0 N–H and O–H groups in total. The molecule has 28 heavy (non-hydrogen) atoms. The highest BCUT2D eigenvalue weighted by Gasteiger charge is 2.34. The van der Waals surface area contributed by atoms with Crippen molar-refractivity contribution in [2.75, 3.05) is 13.1 Å². The first-order valence-electron chi connectivity index (χ1n) is 8.79. The maximum Gasteiger partial charge on any atom is 0.244 e. The van der Waals surface area contributed by atoms with Gasteiger partial charge in [0.25, 0.3) is 0 Å². The van der Waals surface area contributed by atoms with E-state index in [1.54, 1.807) is 30.3 Å². The number of benzene rings is 2. The summed E-state index contributed by atoms with van der Waals surface area (Å²) in [5, 5.41) is 4.87. The molecule has 2 heterocycles. The molecule has 1 aliphatic heterocycles. The Bertz CT molecular complexity index is 1080. The normalized spacial score (nSPS) is 18.3. The summed E-state index contributed by atoms with van der Waals surface area (Å²) in [5.74, 6) is 0.723. The van der Waals surface area contributed by atoms with Crippen LogP contribution < -0.4 is 0 Å². The van der Waals surface area contributed by atoms with Crippen LogP contribution in [0.2, 0.25) is 10.0 Å². The number of nitrogens with zero attached hydrogens (tertiary/aromatic N) is 3. The zero-order chi connectivity index (χ0) is 19.7. The Morgan fingerprint density at radius 1 is 1.07 bits per heavy atom. The lowest BCUT2D eigenvalue weighted by Gasteiger charge is -2.30. The van der Waals surface area contributed by atoms with Gasteiger partial charge in [0.2, 0.25) is 21.7 Å². The highest BCUT2D eigenvalue weighted by atomic mass is 35.5. The summed E-state index contributed by atoms with van der Waals surface area (Å²) >= 11 is 12.0. The van der Waals surface area contributed by atoms with Crippen molar-refractivity contribution in [3.63, 3.8) is 0 Å². The van der Waals surface area contributed by atoms with E-state index in [0.29, 0.717) is 29.7 Å². The molecule has 6 nitrogen and oxygen atoms in total. The van der Waals surface area contributed by atoms with Gasteiger partial charge >= 0.3 is 0 Å². The van der Waals surface area contributed by atoms with Crippen molar-refractivity contribution >= 4 is 33.2 Å². The van der Waals surface area contributed by atoms with Gasteiger partial charge in [-0.3, -0.25) is 0 Å². The number of hydrogen-bond donors (Lipinski definition) is 0. The quantitative estimate of drug-likeness (QED) is 0.595. The van der Waals surface area contributed by atoms with Crippen LogP contribution in [-0.2, 0) is 10.0 Å². The second-order valence-electron chi connectivity index (χ2n) is 6.60. The minimum atomic E-state index is -3.69. The van der Waals surface area contributed by atoms with Crippen LogP contribution in [0, 0.1) is 0 Å². The molecule has 2 aromatic carbocycles. The van der Waals surface area contributed by atoms with Gasteiger partial charge in [0.15, 0.2) is 0 Å². The largest absolute Gasteiger partial charge is 0.339 e. The second-order valence-corrected chi connectivity index (χ2v) is 9.35. The summed E-state index contributed by atoms with van der Waals surface area (Å²) in [6.45, 7) is 0.706. The van der Waals surface area contributed by atoms with Crippen LogP contribution in [0.4, 0.5) is 0 Å². The minimum absolute atomic E-state index is 0.115. The fraction of sp³-hybridized carbons (Fsp3) is 0.263. The monoisotopic (exact) mass is 437 g/mol. The third-order valence-electron chi connectivity index (χ3n) is 4.73. The first-order chi connectivity index (χ1) is 13.4. The molecule has 0 bridgehead atoms. The van der Waals surface area contributed by atoms with Crippen molar-refractivity contribution in [3.8, 4) is 11.4 Å². The number of piperidine rings is 1. The van der Waals surface area contributed by atoms with Gasteiger partial charge in [0, 0.05) is 23.7 Å². The van der Waals surface area contributed by atoms with Crippen molar-refractivity contribution in [2.45, 2.75) is 23.7 Å². The van der Waals surface area contributed by atoms with E-state index in [1.807, 2.05) is 12.1 Å². The molecule has 0 radical (unpaired) electrons. The molecule has 0 aliphatic carbocycles. The van der Waals surface area contributed by atoms with Gasteiger partial charge in [-0.2, -0.15) is 9.29 Å². The van der Waals surface area contributed by atoms with Crippen molar-refractivity contribution in [1.82, 2.24) is 14.4 Å². The summed E-state index contributed by atoms with van der Waals surface area (Å²) in [6.07, 6.45) is 1.48. The second kappa shape index (κ2) is 7.83. The number of rotatable bonds is 4. The summed E-state index contributed by atoms with van der Waals surface area (Å²) in [5.41, 5.74) is 0.788. The predicted molar refractivity (Wildman–Crippen MR) is 107 cm³/mol. The number of halogens is 2. The predicted octanol–water partition coefficient (Wildman–Crippen LogP) is 4.61. The van der Waals surface area contributed by atoms with Crippen LogP contribution in [-0.4, -0.2) is 36.0 Å². The van der Waals surface area contributed by atoms with Gasteiger partial charge in [-0.05, 0) is 49.2 Å². The lowest BCUT2D eigenvalue weighted by Crippen LogP contribution is -2.39. The molecule has 9 heteroatoms. The topological polar surface area (TPSA) is 76.3 Å². The van der Waals surface area contributed by atoms with Gasteiger partial charge in [0.05, 0.1) is 10.9 Å². The van der Waals surface area contributed by atoms with E-state index in [9.17, 15) is 8.42 Å². The first kappa shape index (κ1) is 19.4. The zero-order valence-corrected chi connectivity index (χ0v) is 17.1. The minimum Gasteiger partial charge on any atom is -0.339 e. The van der Waals surface area contributed by atoms with Crippen molar-refractivity contribution in [1.29, 1.82) is 0 Å². The van der Waals surface area contributed by atoms with E-state index in [0.717, 1.165) is 12.0 Å². The van der Waals surface area contributed by atoms with Crippen molar-refractivity contribution in [2.24, 2.45) is 0 Å². The van der Waals surface area contributed by atoms with E-state index < -0.39 is 10.0 Å². The van der Waals surface area contributed by atoms with Gasteiger partial charge in [-0.25, -0.2) is 8.42 Å². The molecule has 1 fully saturated rings. The van der Waals surface area contributed by atoms with E-state index in [-0.39, 0.29) is 22.4 Å². The Hall–Kier alpha value is -1.93. The lowest BCUT2D eigenvalue weighted by atomic mass is 10.00. The van der Waals surface area contributed by atoms with E-state index >= 15 is 0 Å². The maximum atomic E-state index is 13.0. The average Bonchev–Trinajstić information content (AvgIpc) is 3.19. The van der Waals surface area contributed by atoms with Crippen LogP contribution in [0.15, 0.2) is 57.9 Å². The summed E-state index contributed by atoms with van der Waals surface area (Å²) in [7, 11) is -3.69. The Balaban J connectivity index is 1.56. The van der Waals surface area contributed by atoms with Gasteiger partial charge in [-0.1, -0.05) is 40.5 Å². The summed E-state index contributed by atoms with van der Waals surface area (Å²) in [6, 6.07) is 13.6. The fourth-order valence-corrected chi connectivity index (χ4v) is 5.42. The molecule has 1 aromatic heterocycles. The molecule has 3 aromatic rings. The molecule has 0 saturated carbocycles. The molecule has 0 unspecified atom stereocenters. The Morgan fingerprint density at radius 2 is 1.82 bits per heavy atom. The first-order valence-corrected chi connectivity index (χ1v) is 11.0. The highest BCUT2D eigenvalue weighted by Crippen LogP contribution is 2.32. The number of aromatic nitrogens is 2. The molecule has 146 valence electrons. The summed E-state index contributed by atoms with van der Waals surface area (Å²) in [4.78, 5) is 4.59. The third kappa shape index (κ3) is 3.80. The zero-order valence-electron chi connectivity index (χ0n) is 14.8. The molecule has 1 aliphatic rings. The molecule has 1 saturated heterocycles. The highest BCUT2D eigenvalue weighted by molar-refractivity contribution is 7.89. The van der Waals surface area contributed by atoms with Crippen LogP contribution in [0.1, 0.15) is 24.7 Å². The Labute approximate surface area is 173 Å². The van der Waals surface area contributed by atoms with Crippen molar-refractivity contribution in [3.05, 3.63) is 64.5 Å². The maximum absolute atomic E-state index is 13.0. The number of hydrogen-bond acceptors (Lipinski definition) is 5. The molecule has 4 rings (SSSR count). The molecular formula is C19H17Cl2N3O3S. The van der Waals surface area contributed by atoms with Crippen LogP contribution in [0.25, 0.3) is 11.4 Å². The van der Waals surface area contributed by atoms with Crippen LogP contribution in [0.3, 0.4) is 0 Å². The summed E-state index contributed by atoms with van der Waals surface area (Å²) < 4.78 is 32.9. The van der Waals surface area contributed by atoms with Crippen LogP contribution >= 0.6 is 23.2 Å². The third-order valence-corrected chi connectivity index (χ3v) is 7.35. The van der Waals surface area contributed by atoms with E-state index in [1.165, 1.54) is 10.4 Å². The SMILES string of the molecule is O=S(=O)(c1ccccc1Cl)N1CCC[C@@H](c2nc(-c3ccc(Cl)cc3)no2)C1. The van der Waals surface area contributed by atoms with Crippen molar-refractivity contribution < 1.29 is 12.9 Å². The van der Waals surface area contributed by atoms with E-state index in [4.69, 9.17) is 27.7 Å². The lowest BCUT2D eigenvalue weighted by molar-refractivity contribution is 0.265. The van der Waals surface area contributed by atoms with Crippen LogP contribution in [0.5, 0.6) is 0 Å². The molecule has 0 spiro atoms. The standard InChI is InChI=1S/C19H17Cl2N3O3S/c20-15-9-7-13(8-10-15)18-22-19(27-23-18)14-4-3-11-24(12-14)28(25,26)17-6-2-1-5-16(17)21/h1-2,5-10,14H,3-4,11-12H2/t14-/m1/s1. The number of sulfonamides is 1.